The third kappa shape index (κ3) is 6.55. The van der Waals surface area contributed by atoms with Gasteiger partial charge in [0.25, 0.3) is 0 Å². The average Bonchev–Trinajstić information content (AvgIpc) is 2.43. The molecular weight excluding hydrogens is 250 g/mol. The second kappa shape index (κ2) is 9.35. The molecule has 0 saturated carbocycles. The van der Waals surface area contributed by atoms with Gasteiger partial charge in [-0.2, -0.15) is 5.26 Å². The van der Waals surface area contributed by atoms with Crippen molar-refractivity contribution in [3.8, 4) is 11.8 Å². The normalized spacial score (nSPS) is 10.8. The van der Waals surface area contributed by atoms with E-state index < -0.39 is 0 Å². The standard InChI is InChI=1S/C16H25N3O/c1-18(2)10-6-11-19(3)12-7-13-20-16-9-5-4-8-15(16)14-17/h4-5,8-9H,6-7,10-13H2,1-3H3. The third-order valence-electron chi connectivity index (χ3n) is 3.09. The molecule has 0 spiro atoms. The number of benzene rings is 1. The summed E-state index contributed by atoms with van der Waals surface area (Å²) in [7, 11) is 6.33. The molecule has 0 aliphatic rings. The molecule has 0 aliphatic carbocycles. The highest BCUT2D eigenvalue weighted by Crippen LogP contribution is 2.16. The number of para-hydroxylation sites is 1. The van der Waals surface area contributed by atoms with E-state index in [2.05, 4.69) is 37.0 Å². The van der Waals surface area contributed by atoms with Gasteiger partial charge < -0.3 is 14.5 Å². The van der Waals surface area contributed by atoms with E-state index in [0.29, 0.717) is 17.9 Å². The first kappa shape index (κ1) is 16.5. The molecule has 0 unspecified atom stereocenters. The monoisotopic (exact) mass is 275 g/mol. The van der Waals surface area contributed by atoms with Crippen molar-refractivity contribution in [2.24, 2.45) is 0 Å². The molecule has 0 saturated heterocycles. The lowest BCUT2D eigenvalue weighted by Gasteiger charge is -2.18. The molecule has 0 aliphatic heterocycles. The molecule has 1 aromatic rings. The number of nitrogens with zero attached hydrogens (tertiary/aromatic N) is 3. The molecule has 4 heteroatoms. The highest BCUT2D eigenvalue weighted by Gasteiger charge is 2.02. The van der Waals surface area contributed by atoms with E-state index in [1.165, 1.54) is 6.42 Å². The molecular formula is C16H25N3O. The molecule has 0 fully saturated rings. The molecule has 0 N–H and O–H groups in total. The largest absolute Gasteiger partial charge is 0.492 e. The van der Waals surface area contributed by atoms with Crippen LogP contribution in [0.15, 0.2) is 24.3 Å². The molecule has 110 valence electrons. The van der Waals surface area contributed by atoms with Crippen molar-refractivity contribution >= 4 is 0 Å². The molecule has 0 aromatic heterocycles. The average molecular weight is 275 g/mol. The fraction of sp³-hybridized carbons (Fsp3) is 0.562. The maximum atomic E-state index is 8.96. The zero-order valence-corrected chi connectivity index (χ0v) is 12.8. The van der Waals surface area contributed by atoms with Gasteiger partial charge in [-0.15, -0.1) is 0 Å². The van der Waals surface area contributed by atoms with Gasteiger partial charge in [-0.1, -0.05) is 12.1 Å². The second-order valence-corrected chi connectivity index (χ2v) is 5.27. The maximum absolute atomic E-state index is 8.96. The van der Waals surface area contributed by atoms with E-state index in [1.54, 1.807) is 6.07 Å². The molecule has 0 atom stereocenters. The van der Waals surface area contributed by atoms with Crippen LogP contribution in [0.4, 0.5) is 0 Å². The van der Waals surface area contributed by atoms with Crippen LogP contribution in [0.25, 0.3) is 0 Å². The Morgan fingerprint density at radius 3 is 2.45 bits per heavy atom. The number of nitriles is 1. The van der Waals surface area contributed by atoms with Gasteiger partial charge in [-0.05, 0) is 59.2 Å². The van der Waals surface area contributed by atoms with E-state index in [9.17, 15) is 0 Å². The minimum absolute atomic E-state index is 0.604. The van der Waals surface area contributed by atoms with Crippen LogP contribution in [-0.4, -0.2) is 57.2 Å². The van der Waals surface area contributed by atoms with E-state index >= 15 is 0 Å². The quantitative estimate of drug-likeness (QED) is 0.648. The van der Waals surface area contributed by atoms with Crippen molar-refractivity contribution < 1.29 is 4.74 Å². The summed E-state index contributed by atoms with van der Waals surface area (Å²) < 4.78 is 5.66. The number of ether oxygens (including phenoxy) is 1. The Bertz CT molecular complexity index is 426. The maximum Gasteiger partial charge on any atom is 0.137 e. The van der Waals surface area contributed by atoms with Gasteiger partial charge in [-0.25, -0.2) is 0 Å². The summed E-state index contributed by atoms with van der Waals surface area (Å²) in [6.45, 7) is 3.89. The van der Waals surface area contributed by atoms with Crippen LogP contribution in [0.3, 0.4) is 0 Å². The van der Waals surface area contributed by atoms with Crippen molar-refractivity contribution in [3.63, 3.8) is 0 Å². The lowest BCUT2D eigenvalue weighted by Crippen LogP contribution is -2.25. The topological polar surface area (TPSA) is 39.5 Å². The molecule has 4 nitrogen and oxygen atoms in total. The first-order chi connectivity index (χ1) is 9.63. The van der Waals surface area contributed by atoms with Crippen molar-refractivity contribution in [3.05, 3.63) is 29.8 Å². The van der Waals surface area contributed by atoms with Gasteiger partial charge in [0.2, 0.25) is 0 Å². The van der Waals surface area contributed by atoms with E-state index in [4.69, 9.17) is 10.00 Å². The van der Waals surface area contributed by atoms with Crippen molar-refractivity contribution in [2.75, 3.05) is 47.4 Å². The molecule has 0 bridgehead atoms. The summed E-state index contributed by atoms with van der Waals surface area (Å²) in [5.74, 6) is 0.685. The molecule has 20 heavy (non-hydrogen) atoms. The Labute approximate surface area is 122 Å². The van der Waals surface area contributed by atoms with Crippen LogP contribution in [0.1, 0.15) is 18.4 Å². The SMILES string of the molecule is CN(C)CCCN(C)CCCOc1ccccc1C#N. The first-order valence-corrected chi connectivity index (χ1v) is 7.08. The summed E-state index contributed by atoms with van der Waals surface area (Å²) in [5, 5.41) is 8.96. The Morgan fingerprint density at radius 2 is 1.75 bits per heavy atom. The predicted octanol–water partition coefficient (Wildman–Crippen LogP) is 2.21. The number of hydrogen-bond acceptors (Lipinski definition) is 4. The van der Waals surface area contributed by atoms with Gasteiger partial charge >= 0.3 is 0 Å². The van der Waals surface area contributed by atoms with Gasteiger partial charge in [0, 0.05) is 6.54 Å². The van der Waals surface area contributed by atoms with Crippen LogP contribution < -0.4 is 4.74 Å². The van der Waals surface area contributed by atoms with Crippen molar-refractivity contribution in [1.82, 2.24) is 9.80 Å². The van der Waals surface area contributed by atoms with Gasteiger partial charge in [-0.3, -0.25) is 0 Å². The lowest BCUT2D eigenvalue weighted by molar-refractivity contribution is 0.253. The Morgan fingerprint density at radius 1 is 1.05 bits per heavy atom. The highest BCUT2D eigenvalue weighted by atomic mass is 16.5. The summed E-state index contributed by atoms with van der Waals surface area (Å²) in [6.07, 6.45) is 2.15. The van der Waals surface area contributed by atoms with E-state index in [1.807, 2.05) is 18.2 Å². The first-order valence-electron chi connectivity index (χ1n) is 7.08. The van der Waals surface area contributed by atoms with Crippen LogP contribution in [0, 0.1) is 11.3 Å². The second-order valence-electron chi connectivity index (χ2n) is 5.27. The minimum Gasteiger partial charge on any atom is -0.492 e. The van der Waals surface area contributed by atoms with Gasteiger partial charge in [0.15, 0.2) is 0 Å². The van der Waals surface area contributed by atoms with Crippen LogP contribution >= 0.6 is 0 Å². The molecule has 0 heterocycles. The lowest BCUT2D eigenvalue weighted by atomic mass is 10.2. The van der Waals surface area contributed by atoms with Crippen LogP contribution in [0.2, 0.25) is 0 Å². The summed E-state index contributed by atoms with van der Waals surface area (Å²) >= 11 is 0. The summed E-state index contributed by atoms with van der Waals surface area (Å²) in [4.78, 5) is 4.53. The van der Waals surface area contributed by atoms with Gasteiger partial charge in [0.05, 0.1) is 12.2 Å². The zero-order valence-electron chi connectivity index (χ0n) is 12.8. The molecule has 1 aromatic carbocycles. The molecule has 0 radical (unpaired) electrons. The fourth-order valence-electron chi connectivity index (χ4n) is 1.97. The van der Waals surface area contributed by atoms with Crippen molar-refractivity contribution in [1.29, 1.82) is 5.26 Å². The van der Waals surface area contributed by atoms with E-state index in [-0.39, 0.29) is 0 Å². The number of rotatable bonds is 9. The van der Waals surface area contributed by atoms with Crippen LogP contribution in [0.5, 0.6) is 5.75 Å². The Kier molecular flexibility index (Phi) is 7.71. The molecule has 0 amide bonds. The minimum atomic E-state index is 0.604. The Hall–Kier alpha value is -1.57. The van der Waals surface area contributed by atoms with Gasteiger partial charge in [0.1, 0.15) is 11.8 Å². The fourth-order valence-corrected chi connectivity index (χ4v) is 1.97. The predicted molar refractivity (Wildman–Crippen MR) is 81.9 cm³/mol. The number of hydrogen-bond donors (Lipinski definition) is 0. The Balaban J connectivity index is 2.17. The van der Waals surface area contributed by atoms with Crippen LogP contribution in [-0.2, 0) is 0 Å². The van der Waals surface area contributed by atoms with Crippen molar-refractivity contribution in [2.45, 2.75) is 12.8 Å². The molecule has 1 rings (SSSR count). The third-order valence-corrected chi connectivity index (χ3v) is 3.09. The summed E-state index contributed by atoms with van der Waals surface area (Å²) in [6, 6.07) is 9.51. The summed E-state index contributed by atoms with van der Waals surface area (Å²) in [5.41, 5.74) is 0.604. The smallest absolute Gasteiger partial charge is 0.137 e. The highest BCUT2D eigenvalue weighted by molar-refractivity contribution is 5.42. The van der Waals surface area contributed by atoms with E-state index in [0.717, 1.165) is 26.1 Å². The zero-order chi connectivity index (χ0) is 14.8.